The van der Waals surface area contributed by atoms with Crippen molar-refractivity contribution in [2.75, 3.05) is 43.0 Å². The zero-order chi connectivity index (χ0) is 21.7. The van der Waals surface area contributed by atoms with E-state index >= 15 is 0 Å². The van der Waals surface area contributed by atoms with Gasteiger partial charge in [0, 0.05) is 26.2 Å². The molecule has 0 atom stereocenters. The average molecular weight is 415 g/mol. The summed E-state index contributed by atoms with van der Waals surface area (Å²) in [7, 11) is 0. The lowest BCUT2D eigenvalue weighted by atomic mass is 10.1. The zero-order valence-corrected chi connectivity index (χ0v) is 16.4. The van der Waals surface area contributed by atoms with Crippen LogP contribution in [0, 0.1) is 5.82 Å². The quantitative estimate of drug-likeness (QED) is 0.779. The molecule has 2 N–H and O–H groups in total. The number of carboxylic acid groups (broad SMARTS) is 1. The van der Waals surface area contributed by atoms with Crippen LogP contribution in [0.5, 0.6) is 0 Å². The summed E-state index contributed by atoms with van der Waals surface area (Å²) in [4.78, 5) is 39.4. The number of hydrogen-bond acceptors (Lipinski definition) is 5. The van der Waals surface area contributed by atoms with E-state index in [0.717, 1.165) is 0 Å². The first-order valence-electron chi connectivity index (χ1n) is 9.50. The third kappa shape index (κ3) is 4.68. The molecule has 8 nitrogen and oxygen atoms in total. The lowest BCUT2D eigenvalue weighted by molar-refractivity contribution is 0.0696. The van der Waals surface area contributed by atoms with Crippen molar-refractivity contribution in [1.29, 1.82) is 0 Å². The van der Waals surface area contributed by atoms with Gasteiger partial charge in [0.05, 0.1) is 29.1 Å². The summed E-state index contributed by atoms with van der Waals surface area (Å²) in [5.74, 6) is -2.49. The Kier molecular flexibility index (Phi) is 6.51. The Hall–Kier alpha value is -3.62. The molecule has 0 radical (unpaired) electrons. The van der Waals surface area contributed by atoms with E-state index in [1.54, 1.807) is 24.0 Å². The summed E-state index contributed by atoms with van der Waals surface area (Å²) in [5.41, 5.74) is 0.699. The Morgan fingerprint density at radius 2 is 1.80 bits per heavy atom. The highest BCUT2D eigenvalue weighted by Crippen LogP contribution is 2.29. The summed E-state index contributed by atoms with van der Waals surface area (Å²) in [6.45, 7) is 3.80. The number of benzene rings is 2. The summed E-state index contributed by atoms with van der Waals surface area (Å²) in [5, 5.41) is 11.9. The molecule has 2 aromatic carbocycles. The monoisotopic (exact) mass is 415 g/mol. The topological polar surface area (TPSA) is 99.2 Å². The number of hydrogen-bond donors (Lipinski definition) is 2. The zero-order valence-electron chi connectivity index (χ0n) is 16.4. The number of ether oxygens (including phenoxy) is 1. The van der Waals surface area contributed by atoms with Crippen molar-refractivity contribution in [2.45, 2.75) is 6.92 Å². The Balaban J connectivity index is 1.83. The van der Waals surface area contributed by atoms with E-state index < -0.39 is 17.7 Å². The van der Waals surface area contributed by atoms with Crippen LogP contribution in [0.15, 0.2) is 42.5 Å². The maximum atomic E-state index is 14.0. The molecule has 9 heteroatoms. The van der Waals surface area contributed by atoms with Gasteiger partial charge in [-0.25, -0.2) is 14.0 Å². The summed E-state index contributed by atoms with van der Waals surface area (Å²) < 4.78 is 19.0. The van der Waals surface area contributed by atoms with Crippen LogP contribution in [0.2, 0.25) is 0 Å². The second-order valence-electron chi connectivity index (χ2n) is 6.64. The molecule has 0 unspecified atom stereocenters. The number of halogens is 1. The summed E-state index contributed by atoms with van der Waals surface area (Å²) in [6, 6.07) is 9.93. The van der Waals surface area contributed by atoms with Gasteiger partial charge in [-0.2, -0.15) is 0 Å². The molecule has 3 rings (SSSR count). The van der Waals surface area contributed by atoms with Crippen LogP contribution in [-0.2, 0) is 4.74 Å². The number of nitrogens with one attached hydrogen (secondary N) is 1. The molecule has 0 aromatic heterocycles. The van der Waals surface area contributed by atoms with Crippen LogP contribution in [0.1, 0.15) is 27.6 Å². The Labute approximate surface area is 172 Å². The van der Waals surface area contributed by atoms with Gasteiger partial charge < -0.3 is 25.0 Å². The van der Waals surface area contributed by atoms with E-state index in [9.17, 15) is 23.9 Å². The molecular formula is C21H22FN3O5. The van der Waals surface area contributed by atoms with Gasteiger partial charge in [-0.3, -0.25) is 4.79 Å². The lowest BCUT2D eigenvalue weighted by Crippen LogP contribution is -2.49. The van der Waals surface area contributed by atoms with Crippen molar-refractivity contribution in [2.24, 2.45) is 0 Å². The van der Waals surface area contributed by atoms with Gasteiger partial charge in [0.25, 0.3) is 5.91 Å². The first-order chi connectivity index (χ1) is 14.4. The first kappa shape index (κ1) is 21.1. The van der Waals surface area contributed by atoms with Crippen LogP contribution < -0.4 is 10.2 Å². The van der Waals surface area contributed by atoms with Gasteiger partial charge in [0.15, 0.2) is 0 Å². The minimum atomic E-state index is -1.14. The molecular weight excluding hydrogens is 393 g/mol. The van der Waals surface area contributed by atoms with Crippen molar-refractivity contribution in [3.05, 3.63) is 59.4 Å². The lowest BCUT2D eigenvalue weighted by Gasteiger charge is -2.36. The molecule has 1 fully saturated rings. The van der Waals surface area contributed by atoms with Crippen molar-refractivity contribution in [1.82, 2.24) is 4.90 Å². The van der Waals surface area contributed by atoms with E-state index in [4.69, 9.17) is 4.74 Å². The number of nitrogens with zero attached hydrogens (tertiary/aromatic N) is 2. The van der Waals surface area contributed by atoms with Gasteiger partial charge in [-0.05, 0) is 37.3 Å². The number of carbonyl (C=O) groups excluding carboxylic acids is 2. The van der Waals surface area contributed by atoms with Gasteiger partial charge >= 0.3 is 12.1 Å². The fourth-order valence-electron chi connectivity index (χ4n) is 3.22. The molecule has 1 saturated heterocycles. The third-order valence-corrected chi connectivity index (χ3v) is 4.76. The maximum Gasteiger partial charge on any atom is 0.409 e. The number of aromatic carboxylic acids is 1. The van der Waals surface area contributed by atoms with Crippen LogP contribution in [0.25, 0.3) is 0 Å². The number of rotatable bonds is 5. The molecule has 2 aromatic rings. The second-order valence-corrected chi connectivity index (χ2v) is 6.64. The Morgan fingerprint density at radius 1 is 1.10 bits per heavy atom. The van der Waals surface area contributed by atoms with Crippen molar-refractivity contribution >= 4 is 29.3 Å². The minimum Gasteiger partial charge on any atom is -0.478 e. The largest absolute Gasteiger partial charge is 0.478 e. The highest BCUT2D eigenvalue weighted by Gasteiger charge is 2.24. The maximum absolute atomic E-state index is 14.0. The molecule has 0 spiro atoms. The van der Waals surface area contributed by atoms with Gasteiger partial charge in [-0.1, -0.05) is 12.1 Å². The molecule has 1 aliphatic rings. The predicted octanol–water partition coefficient (Wildman–Crippen LogP) is 3.05. The second kappa shape index (κ2) is 9.25. The summed E-state index contributed by atoms with van der Waals surface area (Å²) in [6.07, 6.45) is -0.383. The highest BCUT2D eigenvalue weighted by molar-refractivity contribution is 6.07. The molecule has 30 heavy (non-hydrogen) atoms. The molecule has 158 valence electrons. The van der Waals surface area contributed by atoms with Gasteiger partial charge in [0.2, 0.25) is 0 Å². The van der Waals surface area contributed by atoms with Crippen LogP contribution in [-0.4, -0.2) is 60.8 Å². The highest BCUT2D eigenvalue weighted by atomic mass is 19.1. The molecule has 2 amide bonds. The van der Waals surface area contributed by atoms with Crippen LogP contribution in [0.4, 0.5) is 20.6 Å². The Morgan fingerprint density at radius 3 is 2.43 bits per heavy atom. The normalized spacial score (nSPS) is 13.7. The standard InChI is InChI=1S/C21H22FN3O5/c1-2-30-21(29)25-11-9-24(10-12-25)18-8-7-14(20(27)28)13-17(18)23-19(26)15-5-3-4-6-16(15)22/h3-8,13H,2,9-12H2,1H3,(H,23,26)(H,27,28). The Bertz CT molecular complexity index is 957. The number of carbonyl (C=O) groups is 3. The molecule has 1 heterocycles. The van der Waals surface area contributed by atoms with E-state index in [1.165, 1.54) is 30.3 Å². The SMILES string of the molecule is CCOC(=O)N1CCN(c2ccc(C(=O)O)cc2NC(=O)c2ccccc2F)CC1. The number of amides is 2. The van der Waals surface area contributed by atoms with E-state index in [1.807, 2.05) is 4.90 Å². The molecule has 0 bridgehead atoms. The molecule has 0 saturated carbocycles. The van der Waals surface area contributed by atoms with E-state index in [-0.39, 0.29) is 22.9 Å². The van der Waals surface area contributed by atoms with Crippen molar-refractivity contribution in [3.63, 3.8) is 0 Å². The van der Waals surface area contributed by atoms with E-state index in [2.05, 4.69) is 5.32 Å². The fourth-order valence-corrected chi connectivity index (χ4v) is 3.22. The number of anilines is 2. The minimum absolute atomic E-state index is 0.00672. The fraction of sp³-hybridized carbons (Fsp3) is 0.286. The van der Waals surface area contributed by atoms with Crippen LogP contribution in [0.3, 0.4) is 0 Å². The smallest absolute Gasteiger partial charge is 0.409 e. The predicted molar refractivity (Wildman–Crippen MR) is 109 cm³/mol. The van der Waals surface area contributed by atoms with Gasteiger partial charge in [0.1, 0.15) is 5.82 Å². The third-order valence-electron chi connectivity index (χ3n) is 4.76. The van der Waals surface area contributed by atoms with Gasteiger partial charge in [-0.15, -0.1) is 0 Å². The molecule has 1 aliphatic heterocycles. The summed E-state index contributed by atoms with van der Waals surface area (Å²) >= 11 is 0. The number of carboxylic acids is 1. The average Bonchev–Trinajstić information content (AvgIpc) is 2.74. The van der Waals surface area contributed by atoms with Crippen molar-refractivity contribution < 1.29 is 28.6 Å². The van der Waals surface area contributed by atoms with Crippen LogP contribution >= 0.6 is 0 Å². The van der Waals surface area contributed by atoms with E-state index in [0.29, 0.717) is 38.5 Å². The number of piperazine rings is 1. The first-order valence-corrected chi connectivity index (χ1v) is 9.50. The molecule has 0 aliphatic carbocycles. The van der Waals surface area contributed by atoms with Crippen molar-refractivity contribution in [3.8, 4) is 0 Å².